The summed E-state index contributed by atoms with van der Waals surface area (Å²) >= 11 is 0. The Hall–Kier alpha value is -2.17. The number of allylic oxidation sites excluding steroid dienone is 11. The zero-order valence-corrected chi connectivity index (χ0v) is 46.3. The Morgan fingerprint density at radius 1 is 0.362 bits per heavy atom. The summed E-state index contributed by atoms with van der Waals surface area (Å²) in [5.41, 5.74) is 0. The number of aliphatic hydroxyl groups excluding tert-OH is 2. The van der Waals surface area contributed by atoms with Crippen LogP contribution >= 0.6 is 0 Å². The molecule has 0 bridgehead atoms. The average Bonchev–Trinajstić information content (AvgIpc) is 3.35. The van der Waals surface area contributed by atoms with E-state index in [4.69, 9.17) is 0 Å². The Morgan fingerprint density at radius 3 is 0.957 bits per heavy atom. The van der Waals surface area contributed by atoms with Crippen LogP contribution < -0.4 is 5.32 Å². The molecule has 0 saturated heterocycles. The molecule has 0 aromatic carbocycles. The van der Waals surface area contributed by atoms with Gasteiger partial charge in [0.1, 0.15) is 0 Å². The SMILES string of the molecule is CC/C=C\C/C=C\C/C=C\C/C=C\C/C=C\CCCCCCCCCCCCCCCC(=O)NC(CO)C(O)/C=C/CCCCCCCCCCCCCCCCCCCCCCCCCCCC. The number of carbonyl (C=O) groups is 1. The normalized spacial score (nSPS) is 13.3. The Balaban J connectivity index is 3.49. The maximum absolute atomic E-state index is 12.5. The van der Waals surface area contributed by atoms with Gasteiger partial charge in [0, 0.05) is 6.42 Å². The summed E-state index contributed by atoms with van der Waals surface area (Å²) in [5, 5.41) is 23.2. The lowest BCUT2D eigenvalue weighted by molar-refractivity contribution is -0.123. The molecule has 4 nitrogen and oxygen atoms in total. The van der Waals surface area contributed by atoms with E-state index >= 15 is 0 Å². The quantitative estimate of drug-likeness (QED) is 0.0420. The van der Waals surface area contributed by atoms with Crippen molar-refractivity contribution in [3.05, 3.63) is 72.9 Å². The van der Waals surface area contributed by atoms with Gasteiger partial charge in [0.2, 0.25) is 5.91 Å². The molecule has 0 aromatic heterocycles. The first-order chi connectivity index (χ1) is 34.2. The van der Waals surface area contributed by atoms with Crippen molar-refractivity contribution in [2.75, 3.05) is 6.61 Å². The van der Waals surface area contributed by atoms with Crippen LogP contribution in [-0.2, 0) is 4.79 Å². The minimum absolute atomic E-state index is 0.0638. The van der Waals surface area contributed by atoms with Gasteiger partial charge in [-0.05, 0) is 64.2 Å². The largest absolute Gasteiger partial charge is 0.394 e. The van der Waals surface area contributed by atoms with Crippen molar-refractivity contribution in [3.8, 4) is 0 Å². The fourth-order valence-electron chi connectivity index (χ4n) is 9.33. The number of hydrogen-bond donors (Lipinski definition) is 3. The summed E-state index contributed by atoms with van der Waals surface area (Å²) in [4.78, 5) is 12.5. The molecule has 2 unspecified atom stereocenters. The van der Waals surface area contributed by atoms with Crippen molar-refractivity contribution in [2.24, 2.45) is 0 Å². The van der Waals surface area contributed by atoms with Gasteiger partial charge in [0.15, 0.2) is 0 Å². The van der Waals surface area contributed by atoms with Crippen LogP contribution in [0, 0.1) is 0 Å². The van der Waals surface area contributed by atoms with Crippen LogP contribution in [0.15, 0.2) is 72.9 Å². The molecule has 0 rings (SSSR count). The van der Waals surface area contributed by atoms with Crippen LogP contribution in [0.3, 0.4) is 0 Å². The van der Waals surface area contributed by atoms with Crippen molar-refractivity contribution >= 4 is 5.91 Å². The molecule has 0 aliphatic carbocycles. The summed E-state index contributed by atoms with van der Waals surface area (Å²) in [6, 6.07) is -0.628. The lowest BCUT2D eigenvalue weighted by Crippen LogP contribution is -2.45. The molecule has 0 aliphatic rings. The number of nitrogens with one attached hydrogen (secondary N) is 1. The lowest BCUT2D eigenvalue weighted by Gasteiger charge is -2.20. The van der Waals surface area contributed by atoms with Crippen LogP contribution in [0.2, 0.25) is 0 Å². The topological polar surface area (TPSA) is 69.6 Å². The third-order valence-electron chi connectivity index (χ3n) is 13.9. The highest BCUT2D eigenvalue weighted by Crippen LogP contribution is 2.18. The molecule has 0 radical (unpaired) electrons. The molecule has 402 valence electrons. The van der Waals surface area contributed by atoms with Gasteiger partial charge in [-0.15, -0.1) is 0 Å². The lowest BCUT2D eigenvalue weighted by atomic mass is 10.0. The second kappa shape index (κ2) is 60.1. The number of rotatable bonds is 56. The summed E-state index contributed by atoms with van der Waals surface area (Å²) in [6.45, 7) is 4.22. The molecule has 3 N–H and O–H groups in total. The van der Waals surface area contributed by atoms with E-state index < -0.39 is 12.1 Å². The molecule has 0 spiro atoms. The molecule has 0 aliphatic heterocycles. The fraction of sp³-hybridized carbons (Fsp3) is 0.800. The van der Waals surface area contributed by atoms with E-state index in [1.54, 1.807) is 6.08 Å². The van der Waals surface area contributed by atoms with Crippen LogP contribution in [-0.4, -0.2) is 34.9 Å². The zero-order valence-electron chi connectivity index (χ0n) is 46.3. The predicted molar refractivity (Wildman–Crippen MR) is 308 cm³/mol. The molecule has 0 saturated carbocycles. The zero-order chi connectivity index (χ0) is 49.9. The molecule has 0 heterocycles. The summed E-state index contributed by atoms with van der Waals surface area (Å²) in [6.07, 6.45) is 86.6. The number of amides is 1. The third kappa shape index (κ3) is 56.6. The summed E-state index contributed by atoms with van der Waals surface area (Å²) in [5.74, 6) is -0.0638. The van der Waals surface area contributed by atoms with Gasteiger partial charge >= 0.3 is 0 Å². The first-order valence-corrected chi connectivity index (χ1v) is 30.7. The van der Waals surface area contributed by atoms with Gasteiger partial charge in [0.05, 0.1) is 18.8 Å². The maximum Gasteiger partial charge on any atom is 0.220 e. The Kier molecular flexibility index (Phi) is 58.2. The van der Waals surface area contributed by atoms with Gasteiger partial charge in [0.25, 0.3) is 0 Å². The van der Waals surface area contributed by atoms with E-state index in [-0.39, 0.29) is 12.5 Å². The standard InChI is InChI=1S/C65H119NO3/c1-3-5-7-9-11-13-15-17-19-21-23-25-27-29-31-33-35-37-39-41-43-45-47-49-51-53-55-57-59-61-65(69)66-63(62-67)64(68)60-58-56-54-52-50-48-46-44-42-40-38-36-34-32-30-28-26-24-22-20-18-16-14-12-10-8-6-4-2/h5,7,11,13,17,19,23,25,29,31,58,60,63-64,67-68H,3-4,6,8-10,12,14-16,18,20-22,24,26-28,30,32-57,59,61-62H2,1-2H3,(H,66,69)/b7-5-,13-11-,19-17-,25-23-,31-29-,60-58+. The maximum atomic E-state index is 12.5. The Labute approximate surface area is 431 Å². The fourth-order valence-corrected chi connectivity index (χ4v) is 9.33. The Morgan fingerprint density at radius 2 is 0.638 bits per heavy atom. The van der Waals surface area contributed by atoms with E-state index in [0.717, 1.165) is 57.8 Å². The van der Waals surface area contributed by atoms with Crippen LogP contribution in [0.25, 0.3) is 0 Å². The molecule has 1 amide bonds. The predicted octanol–water partition coefficient (Wildman–Crippen LogP) is 20.5. The van der Waals surface area contributed by atoms with Crippen molar-refractivity contribution in [1.29, 1.82) is 0 Å². The average molecular weight is 963 g/mol. The van der Waals surface area contributed by atoms with E-state index in [2.05, 4.69) is 79.9 Å². The summed E-state index contributed by atoms with van der Waals surface area (Å²) < 4.78 is 0. The number of hydrogen-bond acceptors (Lipinski definition) is 3. The molecule has 2 atom stereocenters. The highest BCUT2D eigenvalue weighted by atomic mass is 16.3. The molecule has 0 fully saturated rings. The van der Waals surface area contributed by atoms with Gasteiger partial charge in [-0.1, -0.05) is 318 Å². The van der Waals surface area contributed by atoms with Crippen molar-refractivity contribution in [3.63, 3.8) is 0 Å². The Bertz CT molecular complexity index is 1180. The van der Waals surface area contributed by atoms with Gasteiger partial charge in [-0.25, -0.2) is 0 Å². The van der Waals surface area contributed by atoms with Crippen LogP contribution in [0.5, 0.6) is 0 Å². The molecular formula is C65H119NO3. The van der Waals surface area contributed by atoms with Gasteiger partial charge in [-0.3, -0.25) is 4.79 Å². The van der Waals surface area contributed by atoms with Crippen molar-refractivity contribution in [1.82, 2.24) is 5.32 Å². The third-order valence-corrected chi connectivity index (χ3v) is 13.9. The number of carbonyl (C=O) groups excluding carboxylic acids is 1. The van der Waals surface area contributed by atoms with E-state index in [0.29, 0.717) is 6.42 Å². The number of aliphatic hydroxyl groups is 2. The van der Waals surface area contributed by atoms with Gasteiger partial charge in [-0.2, -0.15) is 0 Å². The minimum atomic E-state index is -0.844. The highest BCUT2D eigenvalue weighted by molar-refractivity contribution is 5.76. The first-order valence-electron chi connectivity index (χ1n) is 30.7. The van der Waals surface area contributed by atoms with E-state index in [9.17, 15) is 15.0 Å². The molecule has 69 heavy (non-hydrogen) atoms. The second-order valence-corrected chi connectivity index (χ2v) is 20.7. The van der Waals surface area contributed by atoms with E-state index in [1.807, 2.05) is 6.08 Å². The molecule has 0 aromatic rings. The minimum Gasteiger partial charge on any atom is -0.394 e. The number of unbranched alkanes of at least 4 members (excludes halogenated alkanes) is 39. The highest BCUT2D eigenvalue weighted by Gasteiger charge is 2.18. The van der Waals surface area contributed by atoms with E-state index in [1.165, 1.54) is 238 Å². The second-order valence-electron chi connectivity index (χ2n) is 20.7. The molecule has 4 heteroatoms. The van der Waals surface area contributed by atoms with Crippen LogP contribution in [0.1, 0.15) is 316 Å². The first kappa shape index (κ1) is 66.8. The monoisotopic (exact) mass is 962 g/mol. The van der Waals surface area contributed by atoms with Crippen molar-refractivity contribution < 1.29 is 15.0 Å². The summed E-state index contributed by atoms with van der Waals surface area (Å²) in [7, 11) is 0. The van der Waals surface area contributed by atoms with Crippen LogP contribution in [0.4, 0.5) is 0 Å². The van der Waals surface area contributed by atoms with Gasteiger partial charge < -0.3 is 15.5 Å². The van der Waals surface area contributed by atoms with Crippen molar-refractivity contribution in [2.45, 2.75) is 328 Å². The molecular weight excluding hydrogens is 843 g/mol. The smallest absolute Gasteiger partial charge is 0.220 e.